The maximum Gasteiger partial charge on any atom is 0.326 e. The molecule has 184 valence electrons. The number of H-pyrrole nitrogens is 1. The van der Waals surface area contributed by atoms with E-state index in [9.17, 15) is 24.3 Å². The number of hydrogen-bond acceptors (Lipinski definition) is 7. The Kier molecular flexibility index (Phi) is 10.2. The first-order chi connectivity index (χ1) is 15.6. The average Bonchev–Trinajstić information content (AvgIpc) is 3.46. The number of imidazole rings is 1. The van der Waals surface area contributed by atoms with Gasteiger partial charge in [-0.3, -0.25) is 14.4 Å². The summed E-state index contributed by atoms with van der Waals surface area (Å²) in [5.74, 6) is -1.97. The van der Waals surface area contributed by atoms with Gasteiger partial charge in [-0.05, 0) is 37.2 Å². The van der Waals surface area contributed by atoms with Gasteiger partial charge in [0.2, 0.25) is 17.7 Å². The Bertz CT molecular complexity index is 818. The molecule has 4 unspecified atom stereocenters. The molecule has 1 aliphatic heterocycles. The fraction of sp³-hybridized carbons (Fsp3) is 0.667. The van der Waals surface area contributed by atoms with Crippen LogP contribution < -0.4 is 16.4 Å². The van der Waals surface area contributed by atoms with Crippen molar-refractivity contribution < 1.29 is 24.3 Å². The molecule has 2 heterocycles. The molecule has 33 heavy (non-hydrogen) atoms. The first-order valence-corrected chi connectivity index (χ1v) is 12.4. The smallest absolute Gasteiger partial charge is 0.326 e. The molecular weight excluding hydrogens is 448 g/mol. The van der Waals surface area contributed by atoms with Gasteiger partial charge in [-0.25, -0.2) is 9.78 Å². The minimum absolute atomic E-state index is 0.0420. The number of carboxylic acid groups (broad SMARTS) is 1. The molecule has 0 bridgehead atoms. The number of carbonyl (C=O) groups excluding carboxylic acids is 3. The van der Waals surface area contributed by atoms with Gasteiger partial charge in [0.25, 0.3) is 0 Å². The fourth-order valence-electron chi connectivity index (χ4n) is 3.72. The molecule has 1 aromatic heterocycles. The zero-order valence-electron chi connectivity index (χ0n) is 19.2. The van der Waals surface area contributed by atoms with Gasteiger partial charge in [0, 0.05) is 24.9 Å². The number of hydrogen-bond donors (Lipinski definition) is 5. The zero-order chi connectivity index (χ0) is 24.5. The van der Waals surface area contributed by atoms with Gasteiger partial charge in [-0.1, -0.05) is 13.8 Å². The fourth-order valence-corrected chi connectivity index (χ4v) is 4.21. The molecule has 12 heteroatoms. The van der Waals surface area contributed by atoms with Crippen molar-refractivity contribution in [3.8, 4) is 0 Å². The van der Waals surface area contributed by atoms with Gasteiger partial charge in [-0.2, -0.15) is 11.8 Å². The highest BCUT2D eigenvalue weighted by atomic mass is 32.2. The monoisotopic (exact) mass is 482 g/mol. The number of thioether (sulfide) groups is 1. The highest BCUT2D eigenvalue weighted by molar-refractivity contribution is 7.98. The van der Waals surface area contributed by atoms with Gasteiger partial charge in [-0.15, -0.1) is 0 Å². The van der Waals surface area contributed by atoms with Crippen LogP contribution in [0.5, 0.6) is 0 Å². The lowest BCUT2D eigenvalue weighted by Crippen LogP contribution is -2.58. The highest BCUT2D eigenvalue weighted by Crippen LogP contribution is 2.21. The Hall–Kier alpha value is -2.60. The van der Waals surface area contributed by atoms with Crippen molar-refractivity contribution in [2.45, 2.75) is 63.7 Å². The number of nitrogens with zero attached hydrogens (tertiary/aromatic N) is 2. The highest BCUT2D eigenvalue weighted by Gasteiger charge is 2.40. The lowest BCUT2D eigenvalue weighted by Gasteiger charge is -2.31. The van der Waals surface area contributed by atoms with Crippen LogP contribution in [0.15, 0.2) is 12.5 Å². The van der Waals surface area contributed by atoms with Crippen molar-refractivity contribution >= 4 is 35.5 Å². The van der Waals surface area contributed by atoms with E-state index in [-0.39, 0.29) is 18.2 Å². The molecule has 0 radical (unpaired) electrons. The summed E-state index contributed by atoms with van der Waals surface area (Å²) in [4.78, 5) is 58.5. The van der Waals surface area contributed by atoms with E-state index in [0.717, 1.165) is 5.75 Å². The van der Waals surface area contributed by atoms with Crippen molar-refractivity contribution in [1.29, 1.82) is 0 Å². The average molecular weight is 483 g/mol. The van der Waals surface area contributed by atoms with E-state index in [0.29, 0.717) is 31.5 Å². The number of amides is 3. The van der Waals surface area contributed by atoms with E-state index in [4.69, 9.17) is 5.73 Å². The zero-order valence-corrected chi connectivity index (χ0v) is 20.1. The van der Waals surface area contributed by atoms with Gasteiger partial charge < -0.3 is 31.4 Å². The molecule has 6 N–H and O–H groups in total. The van der Waals surface area contributed by atoms with Crippen LogP contribution >= 0.6 is 11.8 Å². The molecule has 0 saturated carbocycles. The number of aliphatic carboxylic acids is 1. The number of nitrogens with two attached hydrogens (primary N) is 1. The van der Waals surface area contributed by atoms with E-state index >= 15 is 0 Å². The van der Waals surface area contributed by atoms with Crippen LogP contribution in [0, 0.1) is 5.92 Å². The normalized spacial score (nSPS) is 18.6. The van der Waals surface area contributed by atoms with E-state index in [1.165, 1.54) is 17.4 Å². The molecule has 11 nitrogen and oxygen atoms in total. The summed E-state index contributed by atoms with van der Waals surface area (Å²) in [6, 6.07) is -3.51. The third kappa shape index (κ3) is 7.46. The van der Waals surface area contributed by atoms with Crippen LogP contribution in [0.1, 0.15) is 38.8 Å². The van der Waals surface area contributed by atoms with Crippen LogP contribution in [-0.2, 0) is 25.6 Å². The first-order valence-electron chi connectivity index (χ1n) is 11.0. The second-order valence-corrected chi connectivity index (χ2v) is 9.47. The molecule has 3 amide bonds. The molecule has 1 saturated heterocycles. The molecule has 1 fully saturated rings. The van der Waals surface area contributed by atoms with Gasteiger partial charge in [0.05, 0.1) is 12.4 Å². The summed E-state index contributed by atoms with van der Waals surface area (Å²) < 4.78 is 0. The van der Waals surface area contributed by atoms with E-state index in [1.54, 1.807) is 11.8 Å². The summed E-state index contributed by atoms with van der Waals surface area (Å²) in [5, 5.41) is 14.8. The molecule has 4 atom stereocenters. The van der Waals surface area contributed by atoms with Gasteiger partial charge in [0.1, 0.15) is 18.1 Å². The maximum atomic E-state index is 13.3. The first kappa shape index (κ1) is 26.7. The summed E-state index contributed by atoms with van der Waals surface area (Å²) in [5.41, 5.74) is 6.51. The number of carbonyl (C=O) groups is 4. The van der Waals surface area contributed by atoms with Gasteiger partial charge in [0.15, 0.2) is 0 Å². The minimum atomic E-state index is -1.18. The van der Waals surface area contributed by atoms with Gasteiger partial charge >= 0.3 is 5.97 Å². The van der Waals surface area contributed by atoms with Crippen LogP contribution in [-0.4, -0.2) is 86.4 Å². The van der Waals surface area contributed by atoms with Crippen LogP contribution in [0.3, 0.4) is 0 Å². The minimum Gasteiger partial charge on any atom is -0.480 e. The Labute approximate surface area is 197 Å². The summed E-state index contributed by atoms with van der Waals surface area (Å²) in [7, 11) is 0. The molecule has 0 spiro atoms. The SMILES string of the molecule is CSCCC(N)C(=O)NC(C(=O)N1CCCC1C(=O)NC(Cc1cnc[nH]1)C(=O)O)C(C)C. The second-order valence-electron chi connectivity index (χ2n) is 8.49. The van der Waals surface area contributed by atoms with Crippen molar-refractivity contribution in [3.63, 3.8) is 0 Å². The van der Waals surface area contributed by atoms with E-state index in [1.807, 2.05) is 20.1 Å². The Morgan fingerprint density at radius 1 is 1.33 bits per heavy atom. The van der Waals surface area contributed by atoms with Crippen molar-refractivity contribution in [2.75, 3.05) is 18.6 Å². The molecule has 1 aromatic rings. The Balaban J connectivity index is 2.07. The van der Waals surface area contributed by atoms with Crippen LogP contribution in [0.25, 0.3) is 0 Å². The number of likely N-dealkylation sites (tertiary alicyclic amines) is 1. The van der Waals surface area contributed by atoms with Crippen molar-refractivity contribution in [2.24, 2.45) is 11.7 Å². The lowest BCUT2D eigenvalue weighted by atomic mass is 10.0. The molecule has 1 aliphatic rings. The number of carboxylic acids is 1. The summed E-state index contributed by atoms with van der Waals surface area (Å²) >= 11 is 1.58. The predicted octanol–water partition coefficient (Wildman–Crippen LogP) is -0.266. The molecular formula is C21H34N6O5S. The Morgan fingerprint density at radius 2 is 2.06 bits per heavy atom. The number of aromatic nitrogens is 2. The van der Waals surface area contributed by atoms with E-state index < -0.39 is 42.0 Å². The predicted molar refractivity (Wildman–Crippen MR) is 124 cm³/mol. The third-order valence-corrected chi connectivity index (χ3v) is 6.28. The van der Waals surface area contributed by atoms with E-state index in [2.05, 4.69) is 20.6 Å². The second kappa shape index (κ2) is 12.6. The Morgan fingerprint density at radius 3 is 2.64 bits per heavy atom. The maximum absolute atomic E-state index is 13.3. The van der Waals surface area contributed by atoms with Crippen LogP contribution in [0.4, 0.5) is 0 Å². The molecule has 0 aromatic carbocycles. The van der Waals surface area contributed by atoms with Crippen LogP contribution in [0.2, 0.25) is 0 Å². The number of aromatic amines is 1. The number of nitrogens with one attached hydrogen (secondary N) is 3. The largest absolute Gasteiger partial charge is 0.480 e. The quantitative estimate of drug-likeness (QED) is 0.271. The summed E-state index contributed by atoms with van der Waals surface area (Å²) in [6.45, 7) is 3.98. The molecule has 2 rings (SSSR count). The topological polar surface area (TPSA) is 171 Å². The van der Waals surface area contributed by atoms with Crippen molar-refractivity contribution in [1.82, 2.24) is 25.5 Å². The summed E-state index contributed by atoms with van der Waals surface area (Å²) in [6.07, 6.45) is 6.41. The molecule has 0 aliphatic carbocycles. The third-order valence-electron chi connectivity index (χ3n) is 5.63. The van der Waals surface area contributed by atoms with Crippen molar-refractivity contribution in [3.05, 3.63) is 18.2 Å². The lowest BCUT2D eigenvalue weighted by molar-refractivity contribution is -0.145. The number of rotatable bonds is 12. The standard InChI is InChI=1S/C21H34N6O5S/c1-12(2)17(26-18(28)14(22)6-8-33-3)20(30)27-7-4-5-16(27)19(29)25-15(21(31)32)9-13-10-23-11-24-13/h10-12,14-17H,4-9,22H2,1-3H3,(H,23,24)(H,25,29)(H,26,28)(H,31,32).